The van der Waals surface area contributed by atoms with Gasteiger partial charge in [-0.1, -0.05) is 6.07 Å². The molecule has 0 saturated carbocycles. The molecule has 3 heterocycles. The molecule has 0 spiro atoms. The average Bonchev–Trinajstić information content (AvgIpc) is 3.27. The number of aromatic nitrogens is 2. The fourth-order valence-corrected chi connectivity index (χ4v) is 4.44. The van der Waals surface area contributed by atoms with E-state index in [0.29, 0.717) is 24.4 Å². The van der Waals surface area contributed by atoms with E-state index < -0.39 is 5.97 Å². The van der Waals surface area contributed by atoms with Crippen LogP contribution in [0.1, 0.15) is 36.4 Å². The quantitative estimate of drug-likeness (QED) is 0.367. The van der Waals surface area contributed by atoms with Crippen molar-refractivity contribution in [2.75, 3.05) is 13.7 Å². The molecule has 1 aliphatic rings. The number of carbonyl (C=O) groups excluding carboxylic acids is 2. The molecule has 7 nitrogen and oxygen atoms in total. The standard InChI is InChI=1S/C28H29N3O4/c1-6-35-24-11-9-23(10-12-24)31-18(2)14-22(19(31)3)15-25-26(28(33)34-5)20(4)30(27(25)32)17-21-8-7-13-29-16-21/h7-16H,6,17H2,1-5H3/b25-15-. The largest absolute Gasteiger partial charge is 0.494 e. The van der Waals surface area contributed by atoms with E-state index in [1.165, 1.54) is 7.11 Å². The molecule has 4 rings (SSSR count). The molecule has 3 aromatic rings. The predicted molar refractivity (Wildman–Crippen MR) is 134 cm³/mol. The van der Waals surface area contributed by atoms with E-state index in [-0.39, 0.29) is 11.5 Å². The van der Waals surface area contributed by atoms with Crippen molar-refractivity contribution in [3.63, 3.8) is 0 Å². The molecule has 2 aromatic heterocycles. The van der Waals surface area contributed by atoms with Gasteiger partial charge in [0.05, 0.1) is 31.4 Å². The molecule has 1 aliphatic heterocycles. The van der Waals surface area contributed by atoms with E-state index in [2.05, 4.69) is 9.55 Å². The highest BCUT2D eigenvalue weighted by Crippen LogP contribution is 2.34. The summed E-state index contributed by atoms with van der Waals surface area (Å²) in [6.45, 7) is 8.66. The van der Waals surface area contributed by atoms with Crippen molar-refractivity contribution in [3.05, 3.63) is 94.2 Å². The van der Waals surface area contributed by atoms with Gasteiger partial charge in [0.2, 0.25) is 0 Å². The van der Waals surface area contributed by atoms with E-state index in [1.807, 2.05) is 63.2 Å². The second-order valence-electron chi connectivity index (χ2n) is 8.35. The number of esters is 1. The molecule has 180 valence electrons. The van der Waals surface area contributed by atoms with E-state index in [9.17, 15) is 9.59 Å². The van der Waals surface area contributed by atoms with Crippen LogP contribution >= 0.6 is 0 Å². The van der Waals surface area contributed by atoms with Crippen LogP contribution in [0.2, 0.25) is 0 Å². The van der Waals surface area contributed by atoms with Crippen LogP contribution in [0.3, 0.4) is 0 Å². The Kier molecular flexibility index (Phi) is 6.87. The van der Waals surface area contributed by atoms with Crippen molar-refractivity contribution >= 4 is 18.0 Å². The Bertz CT molecular complexity index is 1320. The van der Waals surface area contributed by atoms with Gasteiger partial charge in [0.15, 0.2) is 0 Å². The Morgan fingerprint density at radius 3 is 2.49 bits per heavy atom. The average molecular weight is 472 g/mol. The van der Waals surface area contributed by atoms with Gasteiger partial charge in [-0.05, 0) is 81.3 Å². The lowest BCUT2D eigenvalue weighted by atomic mass is 10.0. The third kappa shape index (κ3) is 4.62. The lowest BCUT2D eigenvalue weighted by Crippen LogP contribution is -2.24. The Balaban J connectivity index is 1.74. The molecule has 0 saturated heterocycles. The van der Waals surface area contributed by atoms with Crippen LogP contribution < -0.4 is 4.74 Å². The van der Waals surface area contributed by atoms with E-state index in [0.717, 1.165) is 34.0 Å². The highest BCUT2D eigenvalue weighted by molar-refractivity contribution is 6.16. The molecular weight excluding hydrogens is 442 g/mol. The van der Waals surface area contributed by atoms with Gasteiger partial charge in [-0.25, -0.2) is 4.79 Å². The summed E-state index contributed by atoms with van der Waals surface area (Å²) in [5, 5.41) is 0. The smallest absolute Gasteiger partial charge is 0.340 e. The summed E-state index contributed by atoms with van der Waals surface area (Å²) in [4.78, 5) is 31.9. The molecule has 0 N–H and O–H groups in total. The Morgan fingerprint density at radius 2 is 1.86 bits per heavy atom. The summed E-state index contributed by atoms with van der Waals surface area (Å²) in [5.74, 6) is 0.0448. The Labute approximate surface area is 205 Å². The van der Waals surface area contributed by atoms with E-state index >= 15 is 0 Å². The van der Waals surface area contributed by atoms with Crippen molar-refractivity contribution in [2.24, 2.45) is 0 Å². The Morgan fingerprint density at radius 1 is 1.11 bits per heavy atom. The van der Waals surface area contributed by atoms with Crippen LogP contribution in [0.4, 0.5) is 0 Å². The molecule has 0 aliphatic carbocycles. The highest BCUT2D eigenvalue weighted by atomic mass is 16.5. The van der Waals surface area contributed by atoms with Crippen molar-refractivity contribution in [1.82, 2.24) is 14.5 Å². The molecule has 1 aromatic carbocycles. The number of ether oxygens (including phenoxy) is 2. The zero-order chi connectivity index (χ0) is 25.1. The molecule has 0 radical (unpaired) electrons. The number of carbonyl (C=O) groups is 2. The maximum Gasteiger partial charge on any atom is 0.340 e. The lowest BCUT2D eigenvalue weighted by molar-refractivity contribution is -0.136. The van der Waals surface area contributed by atoms with Gasteiger partial charge >= 0.3 is 5.97 Å². The van der Waals surface area contributed by atoms with E-state index in [4.69, 9.17) is 9.47 Å². The molecule has 0 unspecified atom stereocenters. The normalized spacial score (nSPS) is 14.7. The second kappa shape index (κ2) is 10.0. The number of hydrogen-bond acceptors (Lipinski definition) is 5. The van der Waals surface area contributed by atoms with E-state index in [1.54, 1.807) is 30.3 Å². The van der Waals surface area contributed by atoms with Gasteiger partial charge in [0.1, 0.15) is 5.75 Å². The number of rotatable bonds is 7. The minimum Gasteiger partial charge on any atom is -0.494 e. The van der Waals surface area contributed by atoms with Crippen molar-refractivity contribution in [1.29, 1.82) is 0 Å². The molecule has 1 amide bonds. The fourth-order valence-electron chi connectivity index (χ4n) is 4.44. The van der Waals surface area contributed by atoms with Gasteiger partial charge in [0, 0.05) is 35.2 Å². The fraction of sp³-hybridized carbons (Fsp3) is 0.250. The number of methoxy groups -OCH3 is 1. The maximum atomic E-state index is 13.5. The third-order valence-electron chi connectivity index (χ3n) is 6.14. The second-order valence-corrected chi connectivity index (χ2v) is 8.35. The van der Waals surface area contributed by atoms with Crippen LogP contribution in [0.15, 0.2) is 71.7 Å². The van der Waals surface area contributed by atoms with Crippen LogP contribution in [0.25, 0.3) is 11.8 Å². The monoisotopic (exact) mass is 471 g/mol. The number of nitrogens with zero attached hydrogens (tertiary/aromatic N) is 3. The van der Waals surface area contributed by atoms with Crippen molar-refractivity contribution < 1.29 is 19.1 Å². The first-order valence-electron chi connectivity index (χ1n) is 11.5. The van der Waals surface area contributed by atoms with Crippen LogP contribution in [-0.4, -0.2) is 40.0 Å². The summed E-state index contributed by atoms with van der Waals surface area (Å²) in [6.07, 6.45) is 5.18. The first-order valence-corrected chi connectivity index (χ1v) is 11.5. The van der Waals surface area contributed by atoms with Gasteiger partial charge < -0.3 is 18.9 Å². The minimum absolute atomic E-state index is 0.238. The summed E-state index contributed by atoms with van der Waals surface area (Å²) in [5.41, 5.74) is 5.87. The van der Waals surface area contributed by atoms with Crippen molar-refractivity contribution in [2.45, 2.75) is 34.2 Å². The number of amides is 1. The van der Waals surface area contributed by atoms with Gasteiger partial charge in [-0.2, -0.15) is 0 Å². The summed E-state index contributed by atoms with van der Waals surface area (Å²) in [6, 6.07) is 13.6. The number of pyridine rings is 1. The molecule has 0 fully saturated rings. The number of aryl methyl sites for hydroxylation is 1. The SMILES string of the molecule is CCOc1ccc(-n2c(C)cc(/C=C3\C(=O)N(Cc4cccnc4)C(C)=C3C(=O)OC)c2C)cc1. The minimum atomic E-state index is -0.531. The predicted octanol–water partition coefficient (Wildman–Crippen LogP) is 4.76. The summed E-state index contributed by atoms with van der Waals surface area (Å²) < 4.78 is 12.7. The summed E-state index contributed by atoms with van der Waals surface area (Å²) in [7, 11) is 1.33. The van der Waals surface area contributed by atoms with Gasteiger partial charge in [-0.15, -0.1) is 0 Å². The molecule has 0 bridgehead atoms. The first kappa shape index (κ1) is 24.0. The number of allylic oxidation sites excluding steroid dienone is 1. The van der Waals surface area contributed by atoms with Gasteiger partial charge in [-0.3, -0.25) is 9.78 Å². The molecule has 7 heteroatoms. The molecule has 35 heavy (non-hydrogen) atoms. The van der Waals surface area contributed by atoms with Crippen LogP contribution in [0.5, 0.6) is 5.75 Å². The van der Waals surface area contributed by atoms with Crippen LogP contribution in [0, 0.1) is 13.8 Å². The van der Waals surface area contributed by atoms with Crippen molar-refractivity contribution in [3.8, 4) is 11.4 Å². The maximum absolute atomic E-state index is 13.5. The zero-order valence-corrected chi connectivity index (χ0v) is 20.7. The lowest BCUT2D eigenvalue weighted by Gasteiger charge is -2.17. The zero-order valence-electron chi connectivity index (χ0n) is 20.7. The van der Waals surface area contributed by atoms with Crippen LogP contribution in [-0.2, 0) is 20.9 Å². The number of hydrogen-bond donors (Lipinski definition) is 0. The first-order chi connectivity index (χ1) is 16.8. The number of benzene rings is 1. The topological polar surface area (TPSA) is 73.7 Å². The molecule has 0 atom stereocenters. The molecular formula is C28H29N3O4. The summed E-state index contributed by atoms with van der Waals surface area (Å²) >= 11 is 0. The highest BCUT2D eigenvalue weighted by Gasteiger charge is 2.37. The Hall–Kier alpha value is -4.13. The third-order valence-corrected chi connectivity index (χ3v) is 6.14. The van der Waals surface area contributed by atoms with Gasteiger partial charge in [0.25, 0.3) is 5.91 Å².